The van der Waals surface area contributed by atoms with Crippen molar-refractivity contribution in [3.05, 3.63) is 0 Å². The molecule has 0 aliphatic carbocycles. The van der Waals surface area contributed by atoms with E-state index in [1.165, 1.54) is 6.21 Å². The van der Waals surface area contributed by atoms with Gasteiger partial charge in [-0.2, -0.15) is 10.4 Å². The van der Waals surface area contributed by atoms with E-state index < -0.39 is 0 Å². The average molecular weight is 110 g/mol. The molecule has 0 aromatic carbocycles. The normalized spacial score (nSPS) is 34.0. The van der Waals surface area contributed by atoms with Crippen LogP contribution in [0.2, 0.25) is 0 Å². The lowest BCUT2D eigenvalue weighted by atomic mass is 10.2. The molecular formula is C4H6N4. The van der Waals surface area contributed by atoms with Gasteiger partial charge in [-0.05, 0) is 0 Å². The predicted octanol–water partition coefficient (Wildman–Crippen LogP) is -1.00. The molecule has 1 aliphatic rings. The quantitative estimate of drug-likeness (QED) is 0.420. The standard InChI is InChI=1S/C4H6N4/c5-1-3-2-7-8-4(3)6/h2-4,8H,6H2/t3-,4+/m1/s1. The van der Waals surface area contributed by atoms with Gasteiger partial charge in [-0.1, -0.05) is 0 Å². The van der Waals surface area contributed by atoms with E-state index in [2.05, 4.69) is 10.5 Å². The molecule has 1 rings (SSSR count). The number of nitriles is 1. The molecule has 0 saturated heterocycles. The first-order valence-corrected chi connectivity index (χ1v) is 2.28. The molecule has 1 heterocycles. The summed E-state index contributed by atoms with van der Waals surface area (Å²) in [6.07, 6.45) is 1.20. The maximum Gasteiger partial charge on any atom is 0.118 e. The lowest BCUT2D eigenvalue weighted by Gasteiger charge is -2.02. The van der Waals surface area contributed by atoms with Gasteiger partial charge in [-0.3, -0.25) is 5.43 Å². The highest BCUT2D eigenvalue weighted by molar-refractivity contribution is 5.66. The van der Waals surface area contributed by atoms with Crippen molar-refractivity contribution in [2.24, 2.45) is 16.8 Å². The van der Waals surface area contributed by atoms with Crippen molar-refractivity contribution in [1.29, 1.82) is 5.26 Å². The Kier molecular flexibility index (Phi) is 1.14. The fraction of sp³-hybridized carbons (Fsp3) is 0.500. The first-order valence-electron chi connectivity index (χ1n) is 2.28. The lowest BCUT2D eigenvalue weighted by molar-refractivity contribution is 0.555. The molecular weight excluding hydrogens is 104 g/mol. The van der Waals surface area contributed by atoms with Crippen molar-refractivity contribution in [1.82, 2.24) is 5.43 Å². The van der Waals surface area contributed by atoms with Crippen LogP contribution in [0.25, 0.3) is 0 Å². The van der Waals surface area contributed by atoms with Crippen LogP contribution in [0.5, 0.6) is 0 Å². The molecule has 2 atom stereocenters. The van der Waals surface area contributed by atoms with Gasteiger partial charge in [-0.25, -0.2) is 0 Å². The third kappa shape index (κ3) is 0.634. The van der Waals surface area contributed by atoms with Crippen molar-refractivity contribution in [3.8, 4) is 6.07 Å². The van der Waals surface area contributed by atoms with Gasteiger partial charge in [-0.15, -0.1) is 0 Å². The van der Waals surface area contributed by atoms with Crippen LogP contribution in [0.4, 0.5) is 0 Å². The van der Waals surface area contributed by atoms with Crippen molar-refractivity contribution in [3.63, 3.8) is 0 Å². The minimum absolute atomic E-state index is 0.255. The Labute approximate surface area is 47.0 Å². The van der Waals surface area contributed by atoms with E-state index in [1.54, 1.807) is 0 Å². The topological polar surface area (TPSA) is 74.2 Å². The van der Waals surface area contributed by atoms with Gasteiger partial charge in [0.05, 0.1) is 6.07 Å². The monoisotopic (exact) mass is 110 g/mol. The Hall–Kier alpha value is -1.08. The van der Waals surface area contributed by atoms with Crippen LogP contribution in [-0.4, -0.2) is 12.4 Å². The highest BCUT2D eigenvalue weighted by Gasteiger charge is 2.17. The largest absolute Gasteiger partial charge is 0.309 e. The fourth-order valence-corrected chi connectivity index (χ4v) is 0.496. The Bertz CT molecular complexity index is 145. The zero-order valence-corrected chi connectivity index (χ0v) is 4.20. The molecule has 0 saturated carbocycles. The molecule has 0 spiro atoms. The zero-order valence-electron chi connectivity index (χ0n) is 4.20. The van der Waals surface area contributed by atoms with Crippen molar-refractivity contribution >= 4 is 6.21 Å². The molecule has 0 fully saturated rings. The number of hydrogen-bond acceptors (Lipinski definition) is 4. The minimum Gasteiger partial charge on any atom is -0.309 e. The number of hydrazone groups is 1. The van der Waals surface area contributed by atoms with Gasteiger partial charge in [0, 0.05) is 6.21 Å². The molecule has 3 N–H and O–H groups in total. The first kappa shape index (κ1) is 5.06. The molecule has 4 heteroatoms. The lowest BCUT2D eigenvalue weighted by Crippen LogP contribution is -2.35. The van der Waals surface area contributed by atoms with Gasteiger partial charge in [0.25, 0.3) is 0 Å². The maximum absolute atomic E-state index is 8.28. The Balaban J connectivity index is 2.57. The summed E-state index contributed by atoms with van der Waals surface area (Å²) < 4.78 is 0. The van der Waals surface area contributed by atoms with Gasteiger partial charge in [0.15, 0.2) is 0 Å². The van der Waals surface area contributed by atoms with E-state index in [0.29, 0.717) is 0 Å². The van der Waals surface area contributed by atoms with Crippen LogP contribution in [0.3, 0.4) is 0 Å². The number of rotatable bonds is 0. The number of nitrogens with one attached hydrogen (secondary N) is 1. The second-order valence-electron chi connectivity index (χ2n) is 1.59. The summed E-state index contributed by atoms with van der Waals surface area (Å²) in [5.74, 6) is -0.255. The Morgan fingerprint density at radius 3 is 2.88 bits per heavy atom. The van der Waals surface area contributed by atoms with Crippen LogP contribution in [-0.2, 0) is 0 Å². The Morgan fingerprint density at radius 1 is 1.88 bits per heavy atom. The zero-order chi connectivity index (χ0) is 5.98. The molecule has 0 unspecified atom stereocenters. The summed E-state index contributed by atoms with van der Waals surface area (Å²) in [6.45, 7) is 0. The number of nitrogens with two attached hydrogens (primary N) is 1. The third-order valence-electron chi connectivity index (χ3n) is 0.995. The predicted molar refractivity (Wildman–Crippen MR) is 28.7 cm³/mol. The molecule has 0 bridgehead atoms. The van der Waals surface area contributed by atoms with E-state index in [-0.39, 0.29) is 12.1 Å². The number of hydrogen-bond donors (Lipinski definition) is 2. The van der Waals surface area contributed by atoms with E-state index in [1.807, 2.05) is 6.07 Å². The summed E-state index contributed by atoms with van der Waals surface area (Å²) >= 11 is 0. The number of nitrogens with zero attached hydrogens (tertiary/aromatic N) is 2. The van der Waals surface area contributed by atoms with Gasteiger partial charge >= 0.3 is 0 Å². The van der Waals surface area contributed by atoms with E-state index in [0.717, 1.165) is 0 Å². The molecule has 0 aromatic rings. The van der Waals surface area contributed by atoms with Gasteiger partial charge < -0.3 is 5.73 Å². The average Bonchev–Trinajstić information content (AvgIpc) is 2.14. The van der Waals surface area contributed by atoms with Crippen LogP contribution in [0.1, 0.15) is 0 Å². The van der Waals surface area contributed by atoms with E-state index >= 15 is 0 Å². The third-order valence-corrected chi connectivity index (χ3v) is 0.995. The highest BCUT2D eigenvalue weighted by Crippen LogP contribution is 1.98. The highest BCUT2D eigenvalue weighted by atomic mass is 15.4. The second kappa shape index (κ2) is 1.80. The van der Waals surface area contributed by atoms with Crippen LogP contribution in [0, 0.1) is 17.2 Å². The summed E-state index contributed by atoms with van der Waals surface area (Å²) in [7, 11) is 0. The van der Waals surface area contributed by atoms with Gasteiger partial charge in [0.2, 0.25) is 0 Å². The van der Waals surface area contributed by atoms with Crippen LogP contribution in [0.15, 0.2) is 5.10 Å². The molecule has 8 heavy (non-hydrogen) atoms. The maximum atomic E-state index is 8.28. The van der Waals surface area contributed by atoms with Crippen LogP contribution >= 0.6 is 0 Å². The van der Waals surface area contributed by atoms with Gasteiger partial charge in [0.1, 0.15) is 12.1 Å². The van der Waals surface area contributed by atoms with Crippen molar-refractivity contribution < 1.29 is 0 Å². The second-order valence-corrected chi connectivity index (χ2v) is 1.59. The summed E-state index contributed by atoms with van der Waals surface area (Å²) in [4.78, 5) is 0. The summed E-state index contributed by atoms with van der Waals surface area (Å²) in [5.41, 5.74) is 7.88. The minimum atomic E-state index is -0.306. The summed E-state index contributed by atoms with van der Waals surface area (Å²) in [6, 6.07) is 1.98. The first-order chi connectivity index (χ1) is 3.84. The summed E-state index contributed by atoms with van der Waals surface area (Å²) in [5, 5.41) is 11.9. The molecule has 0 amide bonds. The molecule has 0 aromatic heterocycles. The molecule has 1 aliphatic heterocycles. The fourth-order valence-electron chi connectivity index (χ4n) is 0.496. The van der Waals surface area contributed by atoms with Crippen molar-refractivity contribution in [2.75, 3.05) is 0 Å². The van der Waals surface area contributed by atoms with Crippen molar-refractivity contribution in [2.45, 2.75) is 6.17 Å². The van der Waals surface area contributed by atoms with E-state index in [9.17, 15) is 0 Å². The molecule has 4 nitrogen and oxygen atoms in total. The molecule has 42 valence electrons. The molecule has 0 radical (unpaired) electrons. The SMILES string of the molecule is N#C[C@@H]1C=NN[C@@H]1N. The Morgan fingerprint density at radius 2 is 2.62 bits per heavy atom. The smallest absolute Gasteiger partial charge is 0.118 e. The van der Waals surface area contributed by atoms with E-state index in [4.69, 9.17) is 11.0 Å². The van der Waals surface area contributed by atoms with Crippen LogP contribution < -0.4 is 11.2 Å².